The van der Waals surface area contributed by atoms with Crippen LogP contribution in [0.25, 0.3) is 0 Å². The van der Waals surface area contributed by atoms with Crippen molar-refractivity contribution in [1.82, 2.24) is 5.32 Å². The number of aromatic hydroxyl groups is 2. The second-order valence-corrected chi connectivity index (χ2v) is 4.32. The third-order valence-corrected chi connectivity index (χ3v) is 3.35. The summed E-state index contributed by atoms with van der Waals surface area (Å²) in [6.07, 6.45) is 1.18. The molecule has 2 atom stereocenters. The molecule has 0 aromatic heterocycles. The maximum absolute atomic E-state index is 9.44. The normalized spacial score (nSPS) is 28.7. The summed E-state index contributed by atoms with van der Waals surface area (Å²) in [6, 6.07) is 6.17. The Balaban J connectivity index is 1.90. The van der Waals surface area contributed by atoms with Gasteiger partial charge >= 0.3 is 0 Å². The molecule has 4 nitrogen and oxygen atoms in total. The number of anilines is 1. The Labute approximate surface area is 88.1 Å². The van der Waals surface area contributed by atoms with Gasteiger partial charge in [0.15, 0.2) is 11.5 Å². The van der Waals surface area contributed by atoms with Crippen molar-refractivity contribution in [3.05, 3.63) is 18.2 Å². The number of phenolic OH excluding ortho intramolecular Hbond substituents is 2. The summed E-state index contributed by atoms with van der Waals surface area (Å²) >= 11 is 0. The molecule has 1 aromatic rings. The fourth-order valence-electron chi connectivity index (χ4n) is 2.57. The number of nitrogens with zero attached hydrogens (tertiary/aromatic N) is 1. The minimum Gasteiger partial charge on any atom is -0.504 e. The molecule has 4 heteroatoms. The number of piperazine rings is 1. The topological polar surface area (TPSA) is 55.7 Å². The minimum atomic E-state index is -0.0544. The summed E-state index contributed by atoms with van der Waals surface area (Å²) in [5.41, 5.74) is 0.999. The molecule has 15 heavy (non-hydrogen) atoms. The smallest absolute Gasteiger partial charge is 0.159 e. The van der Waals surface area contributed by atoms with E-state index >= 15 is 0 Å². The van der Waals surface area contributed by atoms with Crippen molar-refractivity contribution in [3.8, 4) is 11.5 Å². The van der Waals surface area contributed by atoms with Gasteiger partial charge < -0.3 is 20.4 Å². The Morgan fingerprint density at radius 2 is 2.13 bits per heavy atom. The summed E-state index contributed by atoms with van der Waals surface area (Å²) in [5, 5.41) is 22.1. The SMILES string of the molecule is Oc1ccc(N2CC3CC2CN3)cc1O. The number of nitrogens with one attached hydrogen (secondary N) is 1. The molecule has 2 saturated heterocycles. The van der Waals surface area contributed by atoms with E-state index in [0.717, 1.165) is 18.8 Å². The first-order valence-electron chi connectivity index (χ1n) is 5.26. The van der Waals surface area contributed by atoms with Gasteiger partial charge in [-0.25, -0.2) is 0 Å². The lowest BCUT2D eigenvalue weighted by Gasteiger charge is -2.29. The van der Waals surface area contributed by atoms with Crippen LogP contribution in [0.3, 0.4) is 0 Å². The zero-order valence-corrected chi connectivity index (χ0v) is 8.35. The predicted molar refractivity (Wildman–Crippen MR) is 57.3 cm³/mol. The highest BCUT2D eigenvalue weighted by molar-refractivity contribution is 5.57. The van der Waals surface area contributed by atoms with Crippen LogP contribution in [0.5, 0.6) is 11.5 Å². The monoisotopic (exact) mass is 206 g/mol. The predicted octanol–water partition coefficient (Wildman–Crippen LogP) is 0.648. The summed E-state index contributed by atoms with van der Waals surface area (Å²) < 4.78 is 0. The second-order valence-electron chi connectivity index (χ2n) is 4.32. The molecule has 0 spiro atoms. The van der Waals surface area contributed by atoms with E-state index in [-0.39, 0.29) is 11.5 Å². The van der Waals surface area contributed by atoms with Crippen LogP contribution in [0.15, 0.2) is 18.2 Å². The van der Waals surface area contributed by atoms with Gasteiger partial charge in [0.2, 0.25) is 0 Å². The van der Waals surface area contributed by atoms with Crippen LogP contribution in [-0.4, -0.2) is 35.4 Å². The highest BCUT2D eigenvalue weighted by Gasteiger charge is 2.37. The molecule has 80 valence electrons. The lowest BCUT2D eigenvalue weighted by molar-refractivity contribution is 0.403. The molecule has 0 aliphatic carbocycles. The first-order chi connectivity index (χ1) is 7.24. The average Bonchev–Trinajstić information content (AvgIpc) is 2.83. The molecule has 1 aromatic carbocycles. The van der Waals surface area contributed by atoms with E-state index in [0.29, 0.717) is 12.1 Å². The lowest BCUT2D eigenvalue weighted by atomic mass is 10.2. The van der Waals surface area contributed by atoms with Crippen molar-refractivity contribution in [2.75, 3.05) is 18.0 Å². The van der Waals surface area contributed by atoms with Gasteiger partial charge in [-0.2, -0.15) is 0 Å². The third-order valence-electron chi connectivity index (χ3n) is 3.35. The zero-order chi connectivity index (χ0) is 10.4. The molecular weight excluding hydrogens is 192 g/mol. The van der Waals surface area contributed by atoms with Crippen LogP contribution in [0, 0.1) is 0 Å². The highest BCUT2D eigenvalue weighted by atomic mass is 16.3. The first-order valence-corrected chi connectivity index (χ1v) is 5.26. The molecule has 2 heterocycles. The maximum Gasteiger partial charge on any atom is 0.159 e. The Kier molecular flexibility index (Phi) is 1.79. The third kappa shape index (κ3) is 1.33. The Morgan fingerprint density at radius 3 is 2.73 bits per heavy atom. The van der Waals surface area contributed by atoms with Gasteiger partial charge in [-0.3, -0.25) is 0 Å². The lowest BCUT2D eigenvalue weighted by Crippen LogP contribution is -2.43. The fraction of sp³-hybridized carbons (Fsp3) is 0.455. The van der Waals surface area contributed by atoms with Crippen molar-refractivity contribution in [1.29, 1.82) is 0 Å². The Morgan fingerprint density at radius 1 is 1.27 bits per heavy atom. The van der Waals surface area contributed by atoms with Gasteiger partial charge in [-0.05, 0) is 18.6 Å². The molecule has 0 radical (unpaired) electrons. The number of phenols is 2. The van der Waals surface area contributed by atoms with Gasteiger partial charge in [-0.1, -0.05) is 0 Å². The van der Waals surface area contributed by atoms with Gasteiger partial charge in [0.05, 0.1) is 0 Å². The van der Waals surface area contributed by atoms with E-state index in [1.165, 1.54) is 6.42 Å². The zero-order valence-electron chi connectivity index (χ0n) is 8.35. The molecule has 2 aliphatic heterocycles. The van der Waals surface area contributed by atoms with Crippen molar-refractivity contribution in [3.63, 3.8) is 0 Å². The molecule has 0 amide bonds. The van der Waals surface area contributed by atoms with Crippen molar-refractivity contribution in [2.24, 2.45) is 0 Å². The van der Waals surface area contributed by atoms with Gasteiger partial charge in [0.1, 0.15) is 0 Å². The standard InChI is InChI=1S/C11H14N2O2/c14-10-2-1-8(4-11(10)15)13-6-7-3-9(13)5-12-7/h1-2,4,7,9,12,14-15H,3,5-6H2. The highest BCUT2D eigenvalue weighted by Crippen LogP contribution is 2.34. The van der Waals surface area contributed by atoms with Crippen LogP contribution in [0.4, 0.5) is 5.69 Å². The van der Waals surface area contributed by atoms with E-state index in [1.807, 2.05) is 6.07 Å². The van der Waals surface area contributed by atoms with Crippen LogP contribution >= 0.6 is 0 Å². The summed E-state index contributed by atoms with van der Waals surface area (Å²) in [7, 11) is 0. The minimum absolute atomic E-state index is 0.0387. The van der Waals surface area contributed by atoms with Crippen molar-refractivity contribution >= 4 is 5.69 Å². The molecule has 2 unspecified atom stereocenters. The molecular formula is C11H14N2O2. The molecule has 2 fully saturated rings. The van der Waals surface area contributed by atoms with Gasteiger partial charge in [0.25, 0.3) is 0 Å². The maximum atomic E-state index is 9.44. The molecule has 2 aliphatic rings. The van der Waals surface area contributed by atoms with E-state index in [1.54, 1.807) is 12.1 Å². The first kappa shape index (κ1) is 8.85. The molecule has 3 rings (SSSR count). The van der Waals surface area contributed by atoms with E-state index in [9.17, 15) is 10.2 Å². The van der Waals surface area contributed by atoms with Crippen LogP contribution in [-0.2, 0) is 0 Å². The summed E-state index contributed by atoms with van der Waals surface area (Å²) in [4.78, 5) is 2.29. The van der Waals surface area contributed by atoms with Crippen molar-refractivity contribution in [2.45, 2.75) is 18.5 Å². The van der Waals surface area contributed by atoms with Crippen molar-refractivity contribution < 1.29 is 10.2 Å². The molecule has 0 saturated carbocycles. The van der Waals surface area contributed by atoms with E-state index < -0.39 is 0 Å². The number of hydrogen-bond acceptors (Lipinski definition) is 4. The average molecular weight is 206 g/mol. The molecule has 3 N–H and O–H groups in total. The number of benzene rings is 1. The summed E-state index contributed by atoms with van der Waals surface area (Å²) in [5.74, 6) is -0.0931. The quantitative estimate of drug-likeness (QED) is 0.590. The second kappa shape index (κ2) is 3.03. The van der Waals surface area contributed by atoms with Gasteiger partial charge in [0, 0.05) is 36.9 Å². The number of hydrogen-bond donors (Lipinski definition) is 3. The Bertz CT molecular complexity index is 394. The number of rotatable bonds is 1. The Hall–Kier alpha value is -1.42. The largest absolute Gasteiger partial charge is 0.504 e. The van der Waals surface area contributed by atoms with E-state index in [4.69, 9.17) is 0 Å². The number of fused-ring (bicyclic) bond motifs is 2. The van der Waals surface area contributed by atoms with Gasteiger partial charge in [-0.15, -0.1) is 0 Å². The fourth-order valence-corrected chi connectivity index (χ4v) is 2.57. The molecule has 2 bridgehead atoms. The summed E-state index contributed by atoms with van der Waals surface area (Å²) in [6.45, 7) is 2.02. The van der Waals surface area contributed by atoms with E-state index in [2.05, 4.69) is 10.2 Å². The van der Waals surface area contributed by atoms with Crippen LogP contribution in [0.1, 0.15) is 6.42 Å². The van der Waals surface area contributed by atoms with Crippen LogP contribution in [0.2, 0.25) is 0 Å². The van der Waals surface area contributed by atoms with Crippen LogP contribution < -0.4 is 10.2 Å².